The van der Waals surface area contributed by atoms with Gasteiger partial charge >= 0.3 is 0 Å². The average Bonchev–Trinajstić information content (AvgIpc) is 3.44. The maximum atomic E-state index is 12.9. The van der Waals surface area contributed by atoms with Gasteiger partial charge < -0.3 is 20.1 Å². The maximum absolute atomic E-state index is 12.9. The Labute approximate surface area is 198 Å². The zero-order valence-electron chi connectivity index (χ0n) is 18.9. The Hall–Kier alpha value is -3.44. The number of nitrogens with two attached hydrogens (primary N) is 1. The second-order valence-electron chi connectivity index (χ2n) is 8.34. The molecule has 0 atom stereocenters. The molecule has 1 aromatic heterocycles. The highest BCUT2D eigenvalue weighted by Crippen LogP contribution is 2.22. The fourth-order valence-corrected chi connectivity index (χ4v) is 5.67. The number of primary amides is 1. The highest BCUT2D eigenvalue weighted by atomic mass is 32.2. The van der Waals surface area contributed by atoms with Gasteiger partial charge in [-0.25, -0.2) is 8.42 Å². The molecule has 34 heavy (non-hydrogen) atoms. The van der Waals surface area contributed by atoms with Gasteiger partial charge in [0.15, 0.2) is 0 Å². The molecule has 0 spiro atoms. The van der Waals surface area contributed by atoms with Crippen molar-refractivity contribution < 1.29 is 22.8 Å². The average molecular weight is 486 g/mol. The number of sulfonamides is 1. The van der Waals surface area contributed by atoms with Gasteiger partial charge in [0.25, 0.3) is 5.91 Å². The van der Waals surface area contributed by atoms with Crippen molar-refractivity contribution in [3.05, 3.63) is 53.9 Å². The molecule has 2 aromatic rings. The van der Waals surface area contributed by atoms with E-state index in [0.29, 0.717) is 6.42 Å². The number of hydrogen-bond acceptors (Lipinski definition) is 5. The number of carbonyl (C=O) groups excluding carboxylic acids is 3. The monoisotopic (exact) mass is 485 g/mol. The molecule has 0 aliphatic carbocycles. The fourth-order valence-electron chi connectivity index (χ4n) is 4.18. The Bertz CT molecular complexity index is 1240. The predicted molar refractivity (Wildman–Crippen MR) is 126 cm³/mol. The van der Waals surface area contributed by atoms with Gasteiger partial charge in [0, 0.05) is 64.2 Å². The summed E-state index contributed by atoms with van der Waals surface area (Å²) < 4.78 is 28.5. The standard InChI is InChI=1S/C23H27N5O5S/c1-25-16-19(15-20(25)23(24)31)34(32,33)27-13-11-26(12-14-27)21(29)9-6-17-4-7-18(8-5-17)28-10-2-3-22(28)30/h4-9,15-16H,2-3,10-14H2,1H3,(H2,24,31)/b9-6+. The van der Waals surface area contributed by atoms with Gasteiger partial charge in [-0.2, -0.15) is 4.31 Å². The molecule has 2 aliphatic rings. The number of hydrogen-bond donors (Lipinski definition) is 1. The first-order valence-corrected chi connectivity index (χ1v) is 12.4. The molecule has 10 nitrogen and oxygen atoms in total. The number of aromatic nitrogens is 1. The number of aryl methyl sites for hydroxylation is 1. The molecule has 2 saturated heterocycles. The number of piperazine rings is 1. The van der Waals surface area contributed by atoms with Crippen LogP contribution in [0.2, 0.25) is 0 Å². The lowest BCUT2D eigenvalue weighted by atomic mass is 10.2. The van der Waals surface area contributed by atoms with E-state index < -0.39 is 15.9 Å². The smallest absolute Gasteiger partial charge is 0.265 e. The summed E-state index contributed by atoms with van der Waals surface area (Å²) in [6, 6.07) is 8.71. The second-order valence-corrected chi connectivity index (χ2v) is 10.3. The minimum absolute atomic E-state index is 0.00236. The first-order chi connectivity index (χ1) is 16.2. The normalized spacial score (nSPS) is 17.6. The Morgan fingerprint density at radius 2 is 1.71 bits per heavy atom. The van der Waals surface area contributed by atoms with Crippen molar-refractivity contribution in [2.45, 2.75) is 17.7 Å². The number of rotatable bonds is 6. The van der Waals surface area contributed by atoms with Crippen LogP contribution in [0.3, 0.4) is 0 Å². The Morgan fingerprint density at radius 1 is 1.03 bits per heavy atom. The third kappa shape index (κ3) is 4.75. The topological polar surface area (TPSA) is 126 Å². The first kappa shape index (κ1) is 23.7. The van der Waals surface area contributed by atoms with Gasteiger partial charge in [-0.15, -0.1) is 0 Å². The molecule has 1 aromatic carbocycles. The van der Waals surface area contributed by atoms with Crippen molar-refractivity contribution in [3.63, 3.8) is 0 Å². The maximum Gasteiger partial charge on any atom is 0.265 e. The molecule has 2 fully saturated rings. The zero-order chi connectivity index (χ0) is 24.5. The van der Waals surface area contributed by atoms with E-state index in [-0.39, 0.29) is 48.6 Å². The summed E-state index contributed by atoms with van der Waals surface area (Å²) in [4.78, 5) is 39.3. The molecule has 2 aliphatic heterocycles. The first-order valence-electron chi connectivity index (χ1n) is 11.0. The molecule has 0 bridgehead atoms. The summed E-state index contributed by atoms with van der Waals surface area (Å²) in [5.74, 6) is -0.780. The summed E-state index contributed by atoms with van der Waals surface area (Å²) in [7, 11) is -2.24. The van der Waals surface area contributed by atoms with E-state index in [2.05, 4.69) is 0 Å². The SMILES string of the molecule is Cn1cc(S(=O)(=O)N2CCN(C(=O)/C=C/c3ccc(N4CCCC4=O)cc3)CC2)cc1C(N)=O. The summed E-state index contributed by atoms with van der Waals surface area (Å²) in [5, 5.41) is 0. The molecule has 2 N–H and O–H groups in total. The lowest BCUT2D eigenvalue weighted by Gasteiger charge is -2.33. The molecule has 0 unspecified atom stereocenters. The fraction of sp³-hybridized carbons (Fsp3) is 0.348. The van der Waals surface area contributed by atoms with E-state index in [1.807, 2.05) is 24.3 Å². The number of nitrogens with zero attached hydrogens (tertiary/aromatic N) is 4. The van der Waals surface area contributed by atoms with Gasteiger partial charge in [0.05, 0.1) is 0 Å². The largest absolute Gasteiger partial charge is 0.364 e. The van der Waals surface area contributed by atoms with Crippen LogP contribution in [-0.4, -0.2) is 72.6 Å². The van der Waals surface area contributed by atoms with Crippen LogP contribution in [0.25, 0.3) is 6.08 Å². The minimum Gasteiger partial charge on any atom is -0.364 e. The van der Waals surface area contributed by atoms with Gasteiger partial charge in [-0.05, 0) is 36.3 Å². The molecule has 180 valence electrons. The molecule has 0 saturated carbocycles. The summed E-state index contributed by atoms with van der Waals surface area (Å²) in [6.07, 6.45) is 5.97. The van der Waals surface area contributed by atoms with Crippen molar-refractivity contribution in [2.24, 2.45) is 12.8 Å². The number of benzene rings is 1. The van der Waals surface area contributed by atoms with E-state index in [1.165, 1.54) is 27.2 Å². The van der Waals surface area contributed by atoms with Gasteiger partial charge in [0.1, 0.15) is 10.6 Å². The molecule has 0 radical (unpaired) electrons. The van der Waals surface area contributed by atoms with Crippen LogP contribution in [0.4, 0.5) is 5.69 Å². The summed E-state index contributed by atoms with van der Waals surface area (Å²) >= 11 is 0. The quantitative estimate of drug-likeness (QED) is 0.606. The van der Waals surface area contributed by atoms with E-state index in [4.69, 9.17) is 5.73 Å². The van der Waals surface area contributed by atoms with E-state index in [9.17, 15) is 22.8 Å². The lowest BCUT2D eigenvalue weighted by molar-refractivity contribution is -0.127. The van der Waals surface area contributed by atoms with Gasteiger partial charge in [0.2, 0.25) is 21.8 Å². The van der Waals surface area contributed by atoms with Crippen LogP contribution < -0.4 is 10.6 Å². The highest BCUT2D eigenvalue weighted by molar-refractivity contribution is 7.89. The number of anilines is 1. The molecule has 11 heteroatoms. The second kappa shape index (κ2) is 9.43. The van der Waals surface area contributed by atoms with Crippen LogP contribution in [-0.2, 0) is 26.7 Å². The van der Waals surface area contributed by atoms with E-state index in [0.717, 1.165) is 24.2 Å². The predicted octanol–water partition coefficient (Wildman–Crippen LogP) is 0.797. The van der Waals surface area contributed by atoms with E-state index in [1.54, 1.807) is 22.9 Å². The minimum atomic E-state index is -3.80. The van der Waals surface area contributed by atoms with Crippen LogP contribution >= 0.6 is 0 Å². The Morgan fingerprint density at radius 3 is 2.26 bits per heavy atom. The van der Waals surface area contributed by atoms with Crippen molar-refractivity contribution in [3.8, 4) is 0 Å². The van der Waals surface area contributed by atoms with Gasteiger partial charge in [-0.3, -0.25) is 14.4 Å². The third-order valence-corrected chi connectivity index (χ3v) is 7.98. The molecule has 4 rings (SSSR count). The highest BCUT2D eigenvalue weighted by Gasteiger charge is 2.31. The van der Waals surface area contributed by atoms with Crippen LogP contribution in [0.15, 0.2) is 47.5 Å². The van der Waals surface area contributed by atoms with Crippen LogP contribution in [0, 0.1) is 0 Å². The van der Waals surface area contributed by atoms with E-state index >= 15 is 0 Å². The summed E-state index contributed by atoms with van der Waals surface area (Å²) in [6.45, 7) is 1.55. The molecule has 3 heterocycles. The number of carbonyl (C=O) groups is 3. The van der Waals surface area contributed by atoms with Crippen molar-refractivity contribution in [2.75, 3.05) is 37.6 Å². The number of amides is 3. The van der Waals surface area contributed by atoms with Crippen molar-refractivity contribution in [1.29, 1.82) is 0 Å². The Balaban J connectivity index is 1.34. The van der Waals surface area contributed by atoms with Crippen LogP contribution in [0.1, 0.15) is 28.9 Å². The zero-order valence-corrected chi connectivity index (χ0v) is 19.7. The Kier molecular flexibility index (Phi) is 6.58. The van der Waals surface area contributed by atoms with Crippen molar-refractivity contribution in [1.82, 2.24) is 13.8 Å². The third-order valence-electron chi connectivity index (χ3n) is 6.12. The molecular formula is C23H27N5O5S. The molecular weight excluding hydrogens is 458 g/mol. The summed E-state index contributed by atoms with van der Waals surface area (Å²) in [5.41, 5.74) is 7.07. The molecule has 3 amide bonds. The van der Waals surface area contributed by atoms with Crippen molar-refractivity contribution >= 4 is 39.5 Å². The van der Waals surface area contributed by atoms with Crippen LogP contribution in [0.5, 0.6) is 0 Å². The lowest BCUT2D eigenvalue weighted by Crippen LogP contribution is -2.50. The van der Waals surface area contributed by atoms with Gasteiger partial charge in [-0.1, -0.05) is 12.1 Å².